The Morgan fingerprint density at radius 3 is 2.62 bits per heavy atom. The van der Waals surface area contributed by atoms with Crippen LogP contribution in [0.3, 0.4) is 0 Å². The van der Waals surface area contributed by atoms with Gasteiger partial charge in [-0.25, -0.2) is 4.98 Å². The summed E-state index contributed by atoms with van der Waals surface area (Å²) in [7, 11) is 1.54. The lowest BCUT2D eigenvalue weighted by Gasteiger charge is -2.28. The number of ether oxygens (including phenoxy) is 1. The Morgan fingerprint density at radius 1 is 1.29 bits per heavy atom. The molecule has 0 saturated carbocycles. The average Bonchev–Trinajstić information content (AvgIpc) is 2.55. The van der Waals surface area contributed by atoms with Crippen molar-refractivity contribution in [2.45, 2.75) is 25.4 Å². The summed E-state index contributed by atoms with van der Waals surface area (Å²) in [5, 5.41) is 5.57. The van der Waals surface area contributed by atoms with E-state index in [-0.39, 0.29) is 16.9 Å². The lowest BCUT2D eigenvalue weighted by atomic mass is 10.1. The Labute approximate surface area is 143 Å². The maximum Gasteiger partial charge on any atom is 0.433 e. The summed E-state index contributed by atoms with van der Waals surface area (Å²) in [4.78, 5) is 9.56. The number of methoxy groups -OCH3 is 1. The molecule has 0 atom stereocenters. The third kappa shape index (κ3) is 5.45. The van der Waals surface area contributed by atoms with Crippen LogP contribution in [-0.2, 0) is 10.9 Å². The molecule has 0 amide bonds. The normalized spacial score (nSPS) is 15.2. The number of rotatable bonds is 5. The molecular weight excluding hydrogens is 343 g/mol. The highest BCUT2D eigenvalue weighted by molar-refractivity contribution is 7.80. The topological polar surface area (TPSA) is 62.3 Å². The van der Waals surface area contributed by atoms with Gasteiger partial charge >= 0.3 is 6.18 Å². The third-order valence-corrected chi connectivity index (χ3v) is 3.75. The van der Waals surface area contributed by atoms with Crippen LogP contribution in [0.4, 0.5) is 24.9 Å². The van der Waals surface area contributed by atoms with Crippen molar-refractivity contribution in [1.82, 2.24) is 15.3 Å². The van der Waals surface area contributed by atoms with Crippen LogP contribution < -0.4 is 15.5 Å². The molecule has 24 heavy (non-hydrogen) atoms. The lowest BCUT2D eigenvalue weighted by Crippen LogP contribution is -2.33. The smallest absolute Gasteiger partial charge is 0.383 e. The zero-order chi connectivity index (χ0) is 17.6. The largest absolute Gasteiger partial charge is 0.433 e. The highest BCUT2D eigenvalue weighted by Gasteiger charge is 2.34. The van der Waals surface area contributed by atoms with E-state index >= 15 is 0 Å². The first-order chi connectivity index (χ1) is 11.4. The molecule has 1 aliphatic heterocycles. The standard InChI is InChI=1S/C14H20F3N5OS/c1-23-8-5-18-13(24)21-12-19-10(14(15,16)17)9-11(20-12)22-6-3-2-4-7-22/h9H,2-8H2,1H3,(H2,18,19,20,21,24). The molecule has 1 aromatic rings. The van der Waals surface area contributed by atoms with E-state index in [1.165, 1.54) is 0 Å². The van der Waals surface area contributed by atoms with Crippen LogP contribution in [0.2, 0.25) is 0 Å². The second kappa shape index (κ2) is 8.43. The predicted octanol–water partition coefficient (Wildman–Crippen LogP) is 2.42. The number of alkyl halides is 3. The molecule has 2 N–H and O–H groups in total. The van der Waals surface area contributed by atoms with Crippen LogP contribution in [-0.4, -0.2) is 48.4 Å². The van der Waals surface area contributed by atoms with Gasteiger partial charge in [0.05, 0.1) is 6.61 Å². The van der Waals surface area contributed by atoms with E-state index in [0.717, 1.165) is 25.3 Å². The number of thiocarbonyl (C=S) groups is 1. The first-order valence-corrected chi connectivity index (χ1v) is 8.06. The molecule has 10 heteroatoms. The van der Waals surface area contributed by atoms with Crippen LogP contribution >= 0.6 is 12.2 Å². The molecule has 0 unspecified atom stereocenters. The van der Waals surface area contributed by atoms with Gasteiger partial charge in [0.25, 0.3) is 0 Å². The van der Waals surface area contributed by atoms with Crippen LogP contribution in [0, 0.1) is 0 Å². The van der Waals surface area contributed by atoms with Crippen molar-refractivity contribution in [3.63, 3.8) is 0 Å². The van der Waals surface area contributed by atoms with Crippen molar-refractivity contribution in [3.8, 4) is 0 Å². The van der Waals surface area contributed by atoms with Gasteiger partial charge in [0.1, 0.15) is 5.82 Å². The lowest BCUT2D eigenvalue weighted by molar-refractivity contribution is -0.141. The third-order valence-electron chi connectivity index (χ3n) is 3.50. The number of hydrogen-bond donors (Lipinski definition) is 2. The Bertz CT molecular complexity index is 564. The van der Waals surface area contributed by atoms with E-state index in [9.17, 15) is 13.2 Å². The molecule has 0 bridgehead atoms. The minimum absolute atomic E-state index is 0.149. The molecule has 1 saturated heterocycles. The van der Waals surface area contributed by atoms with Crippen molar-refractivity contribution < 1.29 is 17.9 Å². The molecule has 2 rings (SSSR count). The summed E-state index contributed by atoms with van der Waals surface area (Å²) >= 11 is 5.03. The van der Waals surface area contributed by atoms with Gasteiger partial charge in [-0.2, -0.15) is 18.2 Å². The number of aromatic nitrogens is 2. The maximum absolute atomic E-state index is 13.1. The Kier molecular flexibility index (Phi) is 6.55. The summed E-state index contributed by atoms with van der Waals surface area (Å²) in [5.41, 5.74) is -0.986. The van der Waals surface area contributed by atoms with Gasteiger partial charge < -0.3 is 20.3 Å². The van der Waals surface area contributed by atoms with E-state index < -0.39 is 11.9 Å². The number of nitrogens with zero attached hydrogens (tertiary/aromatic N) is 3. The van der Waals surface area contributed by atoms with Gasteiger partial charge in [0.2, 0.25) is 5.95 Å². The SMILES string of the molecule is COCCNC(=S)Nc1nc(N2CCCCC2)cc(C(F)(F)F)n1. The van der Waals surface area contributed by atoms with Crippen molar-refractivity contribution in [2.75, 3.05) is 43.6 Å². The molecule has 1 aromatic heterocycles. The Hall–Kier alpha value is -1.68. The highest BCUT2D eigenvalue weighted by Crippen LogP contribution is 2.31. The van der Waals surface area contributed by atoms with E-state index in [2.05, 4.69) is 20.6 Å². The average molecular weight is 363 g/mol. The molecular formula is C14H20F3N5OS. The molecule has 134 valence electrons. The number of anilines is 2. The Balaban J connectivity index is 2.18. The zero-order valence-corrected chi connectivity index (χ0v) is 14.1. The predicted molar refractivity (Wildman–Crippen MR) is 89.2 cm³/mol. The quantitative estimate of drug-likeness (QED) is 0.615. The van der Waals surface area contributed by atoms with Crippen LogP contribution in [0.25, 0.3) is 0 Å². The van der Waals surface area contributed by atoms with Crippen LogP contribution in [0.1, 0.15) is 25.0 Å². The number of nitrogens with one attached hydrogen (secondary N) is 2. The summed E-state index contributed by atoms with van der Waals surface area (Å²) in [5.74, 6) is 0.0968. The van der Waals surface area contributed by atoms with Crippen molar-refractivity contribution in [2.24, 2.45) is 0 Å². The van der Waals surface area contributed by atoms with E-state index in [0.29, 0.717) is 26.2 Å². The number of halogens is 3. The van der Waals surface area contributed by atoms with Gasteiger partial charge in [-0.3, -0.25) is 0 Å². The van der Waals surface area contributed by atoms with Crippen molar-refractivity contribution in [1.29, 1.82) is 0 Å². The van der Waals surface area contributed by atoms with Gasteiger partial charge in [-0.05, 0) is 31.5 Å². The molecule has 0 aromatic carbocycles. The Morgan fingerprint density at radius 2 is 2.00 bits per heavy atom. The fraction of sp³-hybridized carbons (Fsp3) is 0.643. The van der Waals surface area contributed by atoms with Gasteiger partial charge in [-0.1, -0.05) is 0 Å². The number of piperidine rings is 1. The van der Waals surface area contributed by atoms with Crippen molar-refractivity contribution in [3.05, 3.63) is 11.8 Å². The molecule has 2 heterocycles. The summed E-state index contributed by atoms with van der Waals surface area (Å²) in [6.07, 6.45) is -1.60. The summed E-state index contributed by atoms with van der Waals surface area (Å²) in [6, 6.07) is 0.984. The van der Waals surface area contributed by atoms with Gasteiger partial charge in [0, 0.05) is 32.8 Å². The molecule has 0 spiro atoms. The first-order valence-electron chi connectivity index (χ1n) is 7.65. The summed E-state index contributed by atoms with van der Waals surface area (Å²) in [6.45, 7) is 2.22. The van der Waals surface area contributed by atoms with E-state index in [4.69, 9.17) is 17.0 Å². The fourth-order valence-electron chi connectivity index (χ4n) is 2.33. The monoisotopic (exact) mass is 363 g/mol. The second-order valence-electron chi connectivity index (χ2n) is 5.35. The summed E-state index contributed by atoms with van der Waals surface area (Å²) < 4.78 is 44.2. The highest BCUT2D eigenvalue weighted by atomic mass is 32.1. The van der Waals surface area contributed by atoms with E-state index in [1.807, 2.05) is 4.90 Å². The molecule has 0 radical (unpaired) electrons. The minimum atomic E-state index is -4.55. The fourth-order valence-corrected chi connectivity index (χ4v) is 2.53. The first kappa shape index (κ1) is 18.7. The number of hydrogen-bond acceptors (Lipinski definition) is 5. The molecule has 0 aliphatic carbocycles. The second-order valence-corrected chi connectivity index (χ2v) is 5.76. The maximum atomic E-state index is 13.1. The van der Waals surface area contributed by atoms with Gasteiger partial charge in [-0.15, -0.1) is 0 Å². The van der Waals surface area contributed by atoms with Crippen LogP contribution in [0.5, 0.6) is 0 Å². The van der Waals surface area contributed by atoms with Crippen LogP contribution in [0.15, 0.2) is 6.07 Å². The zero-order valence-electron chi connectivity index (χ0n) is 13.3. The molecule has 1 aliphatic rings. The minimum Gasteiger partial charge on any atom is -0.383 e. The van der Waals surface area contributed by atoms with E-state index in [1.54, 1.807) is 7.11 Å². The van der Waals surface area contributed by atoms with Gasteiger partial charge in [0.15, 0.2) is 10.8 Å². The van der Waals surface area contributed by atoms with Crippen molar-refractivity contribution >= 4 is 29.1 Å². The molecule has 6 nitrogen and oxygen atoms in total. The molecule has 1 fully saturated rings.